The molecule has 0 aliphatic carbocycles. The first-order chi connectivity index (χ1) is 7.66. The minimum atomic E-state index is 0.355. The number of aromatic nitrogens is 2. The fourth-order valence-electron chi connectivity index (χ4n) is 1.48. The van der Waals surface area contributed by atoms with Crippen LogP contribution in [0, 0.1) is 0 Å². The van der Waals surface area contributed by atoms with Crippen LogP contribution in [0.15, 0.2) is 36.7 Å². The van der Waals surface area contributed by atoms with Crippen molar-refractivity contribution in [3.05, 3.63) is 41.7 Å². The molecule has 0 fully saturated rings. The quantitative estimate of drug-likeness (QED) is 0.884. The Morgan fingerprint density at radius 2 is 1.94 bits per heavy atom. The van der Waals surface area contributed by atoms with Gasteiger partial charge in [-0.15, -0.1) is 0 Å². The number of nitrogens with one attached hydrogen (secondary N) is 1. The Labute approximate surface area is 100 Å². The number of rotatable bonds is 3. The minimum absolute atomic E-state index is 0.355. The van der Waals surface area contributed by atoms with Crippen molar-refractivity contribution < 1.29 is 0 Å². The first kappa shape index (κ1) is 11.0. The lowest BCUT2D eigenvalue weighted by Crippen LogP contribution is -2.13. The second-order valence-corrected chi connectivity index (χ2v) is 4.33. The smallest absolute Gasteiger partial charge is 0.207 e. The summed E-state index contributed by atoms with van der Waals surface area (Å²) in [5.41, 5.74) is 1.05. The lowest BCUT2D eigenvalue weighted by atomic mass is 10.3. The van der Waals surface area contributed by atoms with E-state index >= 15 is 0 Å². The van der Waals surface area contributed by atoms with E-state index in [0.29, 0.717) is 6.04 Å². The number of hydrogen-bond acceptors (Lipinski definition) is 2. The Bertz CT molecular complexity index is 459. The summed E-state index contributed by atoms with van der Waals surface area (Å²) in [5.74, 6) is 0.845. The zero-order chi connectivity index (χ0) is 11.5. The lowest BCUT2D eigenvalue weighted by molar-refractivity contribution is 0.864. The highest BCUT2D eigenvalue weighted by Gasteiger charge is 2.05. The first-order valence-corrected chi connectivity index (χ1v) is 5.60. The fourth-order valence-corrected chi connectivity index (χ4v) is 1.60. The summed E-state index contributed by atoms with van der Waals surface area (Å²) in [7, 11) is 0. The standard InChI is InChI=1S/C12H14ClN3/c1-9(2)15-12-14-7-8-16(12)11-5-3-10(13)4-6-11/h3-9H,1-2H3,(H,14,15). The topological polar surface area (TPSA) is 29.9 Å². The van der Waals surface area contributed by atoms with Crippen LogP contribution in [0.5, 0.6) is 0 Å². The molecule has 1 N–H and O–H groups in total. The van der Waals surface area contributed by atoms with Crippen LogP contribution in [0.2, 0.25) is 5.02 Å². The molecule has 1 aromatic heterocycles. The van der Waals surface area contributed by atoms with E-state index in [1.165, 1.54) is 0 Å². The number of imidazole rings is 1. The van der Waals surface area contributed by atoms with Crippen molar-refractivity contribution >= 4 is 17.5 Å². The summed E-state index contributed by atoms with van der Waals surface area (Å²) in [6.07, 6.45) is 3.70. The van der Waals surface area contributed by atoms with Crippen LogP contribution in [-0.4, -0.2) is 15.6 Å². The Kier molecular flexibility index (Phi) is 3.15. The summed E-state index contributed by atoms with van der Waals surface area (Å²) in [6.45, 7) is 4.17. The monoisotopic (exact) mass is 235 g/mol. The van der Waals surface area contributed by atoms with Crippen molar-refractivity contribution in [2.24, 2.45) is 0 Å². The predicted molar refractivity (Wildman–Crippen MR) is 67.3 cm³/mol. The maximum absolute atomic E-state index is 5.86. The highest BCUT2D eigenvalue weighted by molar-refractivity contribution is 6.30. The van der Waals surface area contributed by atoms with Crippen LogP contribution in [0.1, 0.15) is 13.8 Å². The second kappa shape index (κ2) is 4.58. The maximum Gasteiger partial charge on any atom is 0.207 e. The first-order valence-electron chi connectivity index (χ1n) is 5.22. The average molecular weight is 236 g/mol. The van der Waals surface area contributed by atoms with Crippen LogP contribution in [0.4, 0.5) is 5.95 Å². The van der Waals surface area contributed by atoms with Gasteiger partial charge in [-0.1, -0.05) is 11.6 Å². The van der Waals surface area contributed by atoms with Gasteiger partial charge in [0.2, 0.25) is 5.95 Å². The fraction of sp³-hybridized carbons (Fsp3) is 0.250. The van der Waals surface area contributed by atoms with Crippen LogP contribution in [-0.2, 0) is 0 Å². The van der Waals surface area contributed by atoms with Gasteiger partial charge in [0.05, 0.1) is 0 Å². The van der Waals surface area contributed by atoms with Crippen LogP contribution < -0.4 is 5.32 Å². The van der Waals surface area contributed by atoms with Crippen molar-refractivity contribution in [1.82, 2.24) is 9.55 Å². The van der Waals surface area contributed by atoms with E-state index in [-0.39, 0.29) is 0 Å². The number of hydrogen-bond donors (Lipinski definition) is 1. The number of nitrogens with zero attached hydrogens (tertiary/aromatic N) is 2. The summed E-state index contributed by atoms with van der Waals surface area (Å²) in [4.78, 5) is 4.27. The van der Waals surface area contributed by atoms with Gasteiger partial charge in [-0.05, 0) is 38.1 Å². The van der Waals surface area contributed by atoms with Crippen LogP contribution >= 0.6 is 11.6 Å². The number of benzene rings is 1. The van der Waals surface area contributed by atoms with Crippen molar-refractivity contribution in [2.45, 2.75) is 19.9 Å². The van der Waals surface area contributed by atoms with Crippen LogP contribution in [0.25, 0.3) is 5.69 Å². The Morgan fingerprint density at radius 3 is 2.56 bits per heavy atom. The summed E-state index contributed by atoms with van der Waals surface area (Å²) < 4.78 is 2.00. The maximum atomic E-state index is 5.86. The normalized spacial score (nSPS) is 10.8. The van der Waals surface area contributed by atoms with Gasteiger partial charge in [0.1, 0.15) is 0 Å². The highest BCUT2D eigenvalue weighted by atomic mass is 35.5. The zero-order valence-corrected chi connectivity index (χ0v) is 10.1. The summed E-state index contributed by atoms with van der Waals surface area (Å²) in [5, 5.41) is 4.02. The number of anilines is 1. The molecular weight excluding hydrogens is 222 g/mol. The van der Waals surface area contributed by atoms with Gasteiger partial charge >= 0.3 is 0 Å². The zero-order valence-electron chi connectivity index (χ0n) is 9.31. The Balaban J connectivity index is 2.33. The SMILES string of the molecule is CC(C)Nc1nccn1-c1ccc(Cl)cc1. The minimum Gasteiger partial charge on any atom is -0.353 e. The Hall–Kier alpha value is -1.48. The molecule has 0 spiro atoms. The molecule has 1 aromatic carbocycles. The molecule has 0 aliphatic rings. The van der Waals surface area contributed by atoms with E-state index in [0.717, 1.165) is 16.7 Å². The predicted octanol–water partition coefficient (Wildman–Crippen LogP) is 3.35. The van der Waals surface area contributed by atoms with Gasteiger partial charge in [-0.3, -0.25) is 4.57 Å². The molecule has 0 saturated heterocycles. The molecule has 16 heavy (non-hydrogen) atoms. The molecule has 0 atom stereocenters. The molecule has 0 saturated carbocycles. The van der Waals surface area contributed by atoms with Crippen molar-refractivity contribution in [1.29, 1.82) is 0 Å². The van der Waals surface area contributed by atoms with Gasteiger partial charge in [0, 0.05) is 29.1 Å². The summed E-state index contributed by atoms with van der Waals surface area (Å²) >= 11 is 5.86. The molecule has 4 heteroatoms. The molecular formula is C12H14ClN3. The van der Waals surface area contributed by atoms with E-state index in [2.05, 4.69) is 24.1 Å². The highest BCUT2D eigenvalue weighted by Crippen LogP contribution is 2.17. The van der Waals surface area contributed by atoms with Crippen molar-refractivity contribution in [2.75, 3.05) is 5.32 Å². The van der Waals surface area contributed by atoms with E-state index in [1.54, 1.807) is 6.20 Å². The third-order valence-corrected chi connectivity index (χ3v) is 2.42. The molecule has 1 heterocycles. The number of halogens is 1. The lowest BCUT2D eigenvalue weighted by Gasteiger charge is -2.12. The van der Waals surface area contributed by atoms with E-state index < -0.39 is 0 Å². The molecule has 0 bridgehead atoms. The molecule has 0 unspecified atom stereocenters. The third kappa shape index (κ3) is 2.36. The molecule has 0 amide bonds. The van der Waals surface area contributed by atoms with Gasteiger partial charge in [-0.2, -0.15) is 0 Å². The van der Waals surface area contributed by atoms with Gasteiger partial charge in [-0.25, -0.2) is 4.98 Å². The van der Waals surface area contributed by atoms with E-state index in [1.807, 2.05) is 35.0 Å². The molecule has 84 valence electrons. The van der Waals surface area contributed by atoms with Crippen molar-refractivity contribution in [3.63, 3.8) is 0 Å². The molecule has 3 nitrogen and oxygen atoms in total. The molecule has 2 rings (SSSR count). The van der Waals surface area contributed by atoms with Crippen molar-refractivity contribution in [3.8, 4) is 5.69 Å². The molecule has 0 aliphatic heterocycles. The summed E-state index contributed by atoms with van der Waals surface area (Å²) in [6, 6.07) is 8.03. The van der Waals surface area contributed by atoms with Gasteiger partial charge in [0.15, 0.2) is 0 Å². The third-order valence-electron chi connectivity index (χ3n) is 2.16. The Morgan fingerprint density at radius 1 is 1.25 bits per heavy atom. The van der Waals surface area contributed by atoms with Gasteiger partial charge < -0.3 is 5.32 Å². The molecule has 2 aromatic rings. The largest absolute Gasteiger partial charge is 0.353 e. The van der Waals surface area contributed by atoms with E-state index in [4.69, 9.17) is 11.6 Å². The molecule has 0 radical (unpaired) electrons. The van der Waals surface area contributed by atoms with E-state index in [9.17, 15) is 0 Å². The van der Waals surface area contributed by atoms with Crippen LogP contribution in [0.3, 0.4) is 0 Å². The van der Waals surface area contributed by atoms with Gasteiger partial charge in [0.25, 0.3) is 0 Å². The average Bonchev–Trinajstić information content (AvgIpc) is 2.66. The second-order valence-electron chi connectivity index (χ2n) is 3.90.